The van der Waals surface area contributed by atoms with Crippen LogP contribution in [-0.4, -0.2) is 54.6 Å². The Labute approximate surface area is 145 Å². The molecule has 124 valence electrons. The van der Waals surface area contributed by atoms with Crippen molar-refractivity contribution < 1.29 is 4.79 Å². The number of piperazine rings is 1. The molecule has 24 heavy (non-hydrogen) atoms. The Kier molecular flexibility index (Phi) is 3.86. The van der Waals surface area contributed by atoms with Crippen molar-refractivity contribution in [3.63, 3.8) is 0 Å². The lowest BCUT2D eigenvalue weighted by Crippen LogP contribution is -2.47. The van der Waals surface area contributed by atoms with Gasteiger partial charge in [-0.15, -0.1) is 11.3 Å². The molecule has 3 heterocycles. The predicted octanol–water partition coefficient (Wildman–Crippen LogP) is 2.48. The number of rotatable bonds is 1. The normalized spacial score (nSPS) is 17.7. The van der Waals surface area contributed by atoms with Gasteiger partial charge in [-0.25, -0.2) is 0 Å². The lowest BCUT2D eigenvalue weighted by molar-refractivity contribution is 0.0665. The monoisotopic (exact) mass is 340 g/mol. The third-order valence-electron chi connectivity index (χ3n) is 4.80. The molecule has 2 aromatic rings. The highest BCUT2D eigenvalue weighted by Crippen LogP contribution is 2.32. The maximum absolute atomic E-state index is 13.0. The fourth-order valence-electron chi connectivity index (χ4n) is 3.32. The number of thiophene rings is 1. The van der Waals surface area contributed by atoms with Gasteiger partial charge in [-0.05, 0) is 24.6 Å². The molecule has 0 saturated carbocycles. The van der Waals surface area contributed by atoms with Gasteiger partial charge in [0.05, 0.1) is 23.5 Å². The number of fused-ring (bicyclic) bond motifs is 2. The zero-order valence-corrected chi connectivity index (χ0v) is 14.4. The Morgan fingerprint density at radius 3 is 2.75 bits per heavy atom. The topological polar surface area (TPSA) is 59.4 Å². The number of carbonyl (C=O) groups excluding carboxylic acids is 1. The summed E-state index contributed by atoms with van der Waals surface area (Å²) in [5.74, 6) is 0.0607. The smallest absolute Gasteiger partial charge is 0.256 e. The number of hydrogen-bond donors (Lipinski definition) is 2. The molecule has 0 radical (unpaired) electrons. The van der Waals surface area contributed by atoms with Crippen LogP contribution in [0.3, 0.4) is 0 Å². The van der Waals surface area contributed by atoms with Gasteiger partial charge in [0.1, 0.15) is 0 Å². The Hall–Kier alpha value is -2.18. The summed E-state index contributed by atoms with van der Waals surface area (Å²) in [4.78, 5) is 18.3. The summed E-state index contributed by atoms with van der Waals surface area (Å²) in [7, 11) is 2.08. The summed E-state index contributed by atoms with van der Waals surface area (Å²) < 4.78 is 0. The van der Waals surface area contributed by atoms with Gasteiger partial charge in [0, 0.05) is 42.2 Å². The van der Waals surface area contributed by atoms with Crippen molar-refractivity contribution in [1.82, 2.24) is 9.80 Å². The van der Waals surface area contributed by atoms with Gasteiger partial charge < -0.3 is 15.1 Å². The highest BCUT2D eigenvalue weighted by molar-refractivity contribution is 7.10. The van der Waals surface area contributed by atoms with Crippen molar-refractivity contribution in [3.05, 3.63) is 51.2 Å². The Balaban J connectivity index is 1.70. The van der Waals surface area contributed by atoms with Crippen molar-refractivity contribution >= 4 is 28.6 Å². The van der Waals surface area contributed by atoms with E-state index in [1.54, 1.807) is 11.3 Å². The molecule has 1 fully saturated rings. The Morgan fingerprint density at radius 2 is 1.96 bits per heavy atom. The second kappa shape index (κ2) is 6.03. The van der Waals surface area contributed by atoms with Crippen molar-refractivity contribution in [2.75, 3.05) is 38.5 Å². The van der Waals surface area contributed by atoms with E-state index < -0.39 is 0 Å². The molecule has 0 bridgehead atoms. The number of para-hydroxylation sites is 1. The van der Waals surface area contributed by atoms with E-state index in [1.807, 2.05) is 34.5 Å². The van der Waals surface area contributed by atoms with E-state index in [0.717, 1.165) is 47.9 Å². The summed E-state index contributed by atoms with van der Waals surface area (Å²) in [6.45, 7) is 3.98. The van der Waals surface area contributed by atoms with E-state index in [9.17, 15) is 4.79 Å². The molecule has 2 N–H and O–H groups in total. The maximum Gasteiger partial charge on any atom is 0.256 e. The van der Waals surface area contributed by atoms with Gasteiger partial charge >= 0.3 is 0 Å². The molecule has 4 rings (SSSR count). The van der Waals surface area contributed by atoms with E-state index in [-0.39, 0.29) is 5.91 Å². The standard InChI is InChI=1S/C18H20N4OS/c1-21-6-8-22(9-7-21)18(23)14-4-2-3-13-16(19)12-5-10-24-15(12)11-20-17(13)14/h2-5,10,19-20H,6-9,11H2,1H3. The zero-order chi connectivity index (χ0) is 16.7. The number of nitrogens with zero attached hydrogens (tertiary/aromatic N) is 2. The molecule has 0 unspecified atom stereocenters. The van der Waals surface area contributed by atoms with E-state index in [2.05, 4.69) is 17.3 Å². The second-order valence-electron chi connectivity index (χ2n) is 6.31. The molecule has 0 spiro atoms. The highest BCUT2D eigenvalue weighted by atomic mass is 32.1. The van der Waals surface area contributed by atoms with Gasteiger partial charge in [-0.3, -0.25) is 10.2 Å². The number of benzene rings is 1. The number of nitrogens with one attached hydrogen (secondary N) is 2. The van der Waals surface area contributed by atoms with Gasteiger partial charge in [-0.1, -0.05) is 12.1 Å². The number of likely N-dealkylation sites (N-methyl/N-ethyl adjacent to an activating group) is 1. The lowest BCUT2D eigenvalue weighted by Gasteiger charge is -2.33. The summed E-state index contributed by atoms with van der Waals surface area (Å²) in [5.41, 5.74) is 3.76. The SMILES string of the molecule is CN1CCN(C(=O)c2cccc3c2NCc2sccc2C3=N)CC1. The molecule has 1 aromatic carbocycles. The van der Waals surface area contributed by atoms with Gasteiger partial charge in [0.2, 0.25) is 0 Å². The van der Waals surface area contributed by atoms with Crippen LogP contribution >= 0.6 is 11.3 Å². The van der Waals surface area contributed by atoms with Crippen LogP contribution in [0.2, 0.25) is 0 Å². The first-order valence-electron chi connectivity index (χ1n) is 8.15. The third-order valence-corrected chi connectivity index (χ3v) is 5.72. The summed E-state index contributed by atoms with van der Waals surface area (Å²) in [5, 5.41) is 14.0. The molecule has 1 aromatic heterocycles. The van der Waals surface area contributed by atoms with Crippen LogP contribution in [0.1, 0.15) is 26.4 Å². The number of amides is 1. The van der Waals surface area contributed by atoms with Crippen molar-refractivity contribution in [3.8, 4) is 0 Å². The molecular weight excluding hydrogens is 320 g/mol. The van der Waals surface area contributed by atoms with Crippen molar-refractivity contribution in [2.24, 2.45) is 0 Å². The second-order valence-corrected chi connectivity index (χ2v) is 7.31. The van der Waals surface area contributed by atoms with Crippen LogP contribution in [0.15, 0.2) is 29.6 Å². The molecule has 0 atom stereocenters. The van der Waals surface area contributed by atoms with Gasteiger partial charge in [0.25, 0.3) is 5.91 Å². The predicted molar refractivity (Wildman–Crippen MR) is 97.4 cm³/mol. The number of anilines is 1. The van der Waals surface area contributed by atoms with E-state index >= 15 is 0 Å². The number of carbonyl (C=O) groups is 1. The highest BCUT2D eigenvalue weighted by Gasteiger charge is 2.26. The lowest BCUT2D eigenvalue weighted by atomic mass is 9.99. The first kappa shape index (κ1) is 15.4. The summed E-state index contributed by atoms with van der Waals surface area (Å²) in [6, 6.07) is 7.68. The van der Waals surface area contributed by atoms with E-state index in [0.29, 0.717) is 17.8 Å². The molecule has 2 aliphatic rings. The summed E-state index contributed by atoms with van der Waals surface area (Å²) >= 11 is 1.65. The molecule has 1 amide bonds. The molecular formula is C18H20N4OS. The minimum atomic E-state index is 0.0607. The largest absolute Gasteiger partial charge is 0.379 e. The molecule has 1 saturated heterocycles. The van der Waals surface area contributed by atoms with Crippen LogP contribution in [-0.2, 0) is 6.54 Å². The summed E-state index contributed by atoms with van der Waals surface area (Å²) in [6.07, 6.45) is 0. The Bertz CT molecular complexity index is 805. The molecule has 5 nitrogen and oxygen atoms in total. The van der Waals surface area contributed by atoms with Crippen LogP contribution in [0.4, 0.5) is 5.69 Å². The van der Waals surface area contributed by atoms with Crippen LogP contribution in [0.25, 0.3) is 0 Å². The van der Waals surface area contributed by atoms with E-state index in [1.165, 1.54) is 0 Å². The van der Waals surface area contributed by atoms with Gasteiger partial charge in [-0.2, -0.15) is 0 Å². The Morgan fingerprint density at radius 1 is 1.17 bits per heavy atom. The fraction of sp³-hybridized carbons (Fsp3) is 0.333. The molecule has 0 aliphatic carbocycles. The average molecular weight is 340 g/mol. The molecule has 6 heteroatoms. The van der Waals surface area contributed by atoms with Crippen molar-refractivity contribution in [1.29, 1.82) is 5.41 Å². The molecule has 2 aliphatic heterocycles. The van der Waals surface area contributed by atoms with Crippen LogP contribution < -0.4 is 5.32 Å². The first-order valence-corrected chi connectivity index (χ1v) is 9.03. The van der Waals surface area contributed by atoms with Crippen molar-refractivity contribution in [2.45, 2.75) is 6.54 Å². The third kappa shape index (κ3) is 2.52. The van der Waals surface area contributed by atoms with Crippen LogP contribution in [0, 0.1) is 5.41 Å². The fourth-order valence-corrected chi connectivity index (χ4v) is 4.14. The number of hydrogen-bond acceptors (Lipinski definition) is 5. The average Bonchev–Trinajstić information content (AvgIpc) is 3.03. The van der Waals surface area contributed by atoms with Crippen LogP contribution in [0.5, 0.6) is 0 Å². The first-order chi connectivity index (χ1) is 11.6. The maximum atomic E-state index is 13.0. The quantitative estimate of drug-likeness (QED) is 0.838. The van der Waals surface area contributed by atoms with E-state index in [4.69, 9.17) is 5.41 Å². The minimum Gasteiger partial charge on any atom is -0.379 e. The zero-order valence-electron chi connectivity index (χ0n) is 13.6. The van der Waals surface area contributed by atoms with Gasteiger partial charge in [0.15, 0.2) is 0 Å². The minimum absolute atomic E-state index is 0.0607.